The van der Waals surface area contributed by atoms with Gasteiger partial charge in [0.25, 0.3) is 5.91 Å². The molecule has 1 atom stereocenters. The van der Waals surface area contributed by atoms with Crippen molar-refractivity contribution in [3.05, 3.63) is 35.4 Å². The zero-order chi connectivity index (χ0) is 19.4. The van der Waals surface area contributed by atoms with E-state index in [0.29, 0.717) is 32.0 Å². The Hall–Kier alpha value is -1.43. The van der Waals surface area contributed by atoms with Gasteiger partial charge in [-0.1, -0.05) is 38.1 Å². The van der Waals surface area contributed by atoms with E-state index in [2.05, 4.69) is 43.4 Å². The molecule has 0 aromatic heterocycles. The molecule has 1 aromatic rings. The molecular weight excluding hydrogens is 328 g/mol. The van der Waals surface area contributed by atoms with Crippen LogP contribution in [0.1, 0.15) is 57.6 Å². The fourth-order valence-electron chi connectivity index (χ4n) is 3.41. The Morgan fingerprint density at radius 3 is 2.54 bits per heavy atom. The predicted molar refractivity (Wildman–Crippen MR) is 104 cm³/mol. The Morgan fingerprint density at radius 2 is 1.96 bits per heavy atom. The minimum Gasteiger partial charge on any atom is -0.383 e. The van der Waals surface area contributed by atoms with E-state index in [0.717, 1.165) is 12.0 Å². The van der Waals surface area contributed by atoms with Crippen LogP contribution in [0.25, 0.3) is 0 Å². The van der Waals surface area contributed by atoms with Gasteiger partial charge >= 0.3 is 0 Å². The lowest BCUT2D eigenvalue weighted by Gasteiger charge is -2.40. The van der Waals surface area contributed by atoms with Gasteiger partial charge in [0.05, 0.1) is 6.61 Å². The highest BCUT2D eigenvalue weighted by molar-refractivity contribution is 5.86. The van der Waals surface area contributed by atoms with Crippen LogP contribution in [0, 0.1) is 0 Å². The average Bonchev–Trinajstić information content (AvgIpc) is 2.58. The summed E-state index contributed by atoms with van der Waals surface area (Å²) in [6.45, 7) is 10.3. The van der Waals surface area contributed by atoms with Crippen LogP contribution >= 0.6 is 0 Å². The highest BCUT2D eigenvalue weighted by Gasteiger charge is 2.42. The molecule has 1 aromatic carbocycles. The number of rotatable bonds is 8. The molecule has 1 fully saturated rings. The Balaban J connectivity index is 2.01. The third-order valence-electron chi connectivity index (χ3n) is 5.09. The molecular formula is C21H34N2O3. The van der Waals surface area contributed by atoms with E-state index in [9.17, 15) is 9.90 Å². The molecule has 1 aliphatic heterocycles. The minimum atomic E-state index is -1.35. The second kappa shape index (κ2) is 8.51. The molecule has 0 bridgehead atoms. The molecule has 1 unspecified atom stereocenters. The first-order chi connectivity index (χ1) is 12.2. The van der Waals surface area contributed by atoms with Crippen LogP contribution in [0.4, 0.5) is 0 Å². The van der Waals surface area contributed by atoms with Gasteiger partial charge < -0.3 is 20.1 Å². The van der Waals surface area contributed by atoms with Crippen molar-refractivity contribution < 1.29 is 14.6 Å². The normalized spacial score (nSPS) is 21.5. The lowest BCUT2D eigenvalue weighted by molar-refractivity contribution is -0.157. The quantitative estimate of drug-likeness (QED) is 0.746. The summed E-state index contributed by atoms with van der Waals surface area (Å²) >= 11 is 0. The van der Waals surface area contributed by atoms with Crippen LogP contribution in [-0.2, 0) is 16.1 Å². The number of amides is 1. The molecule has 5 heteroatoms. The molecule has 0 saturated carbocycles. The van der Waals surface area contributed by atoms with E-state index in [1.54, 1.807) is 12.0 Å². The monoisotopic (exact) mass is 362 g/mol. The van der Waals surface area contributed by atoms with Crippen molar-refractivity contribution in [3.63, 3.8) is 0 Å². The van der Waals surface area contributed by atoms with Gasteiger partial charge in [-0.3, -0.25) is 4.79 Å². The molecule has 1 saturated heterocycles. The number of hydrogen-bond acceptors (Lipinski definition) is 4. The van der Waals surface area contributed by atoms with E-state index < -0.39 is 5.60 Å². The number of carbonyl (C=O) groups is 1. The Labute approximate surface area is 157 Å². The summed E-state index contributed by atoms with van der Waals surface area (Å²) in [5, 5.41) is 14.2. The fraction of sp³-hybridized carbons (Fsp3) is 0.667. The van der Waals surface area contributed by atoms with Gasteiger partial charge in [0.2, 0.25) is 0 Å². The average molecular weight is 363 g/mol. The van der Waals surface area contributed by atoms with Crippen molar-refractivity contribution in [2.75, 3.05) is 26.8 Å². The first-order valence-corrected chi connectivity index (χ1v) is 9.51. The standard InChI is InChI=1S/C21H34N2O3/c1-16(2)18-9-7-17(8-10-18)13-23-12-6-11-21(25,19(23)24)14-22-20(3,4)15-26-5/h7-10,16,22,25H,6,11-15H2,1-5H3. The van der Waals surface area contributed by atoms with Crippen molar-refractivity contribution in [1.82, 2.24) is 10.2 Å². The number of β-amino-alcohol motifs (C(OH)–C–C–N with tert-alkyl or cyclic N) is 1. The molecule has 1 amide bonds. The van der Waals surface area contributed by atoms with Crippen LogP contribution in [0.3, 0.4) is 0 Å². The first kappa shape index (κ1) is 20.9. The Morgan fingerprint density at radius 1 is 1.31 bits per heavy atom. The maximum absolute atomic E-state index is 12.9. The number of hydrogen-bond donors (Lipinski definition) is 2. The SMILES string of the molecule is COCC(C)(C)NCC1(O)CCCN(Cc2ccc(C(C)C)cc2)C1=O. The highest BCUT2D eigenvalue weighted by atomic mass is 16.5. The van der Waals surface area contributed by atoms with E-state index >= 15 is 0 Å². The maximum atomic E-state index is 12.9. The Bertz CT molecular complexity index is 598. The Kier molecular flexibility index (Phi) is 6.83. The lowest BCUT2D eigenvalue weighted by atomic mass is 9.90. The number of piperidine rings is 1. The van der Waals surface area contributed by atoms with Crippen LogP contribution in [-0.4, -0.2) is 53.9 Å². The summed E-state index contributed by atoms with van der Waals surface area (Å²) in [6.07, 6.45) is 1.30. The van der Waals surface area contributed by atoms with E-state index in [4.69, 9.17) is 4.74 Å². The number of aliphatic hydroxyl groups is 1. The first-order valence-electron chi connectivity index (χ1n) is 9.51. The third-order valence-corrected chi connectivity index (χ3v) is 5.09. The smallest absolute Gasteiger partial charge is 0.256 e. The van der Waals surface area contributed by atoms with Crippen molar-refractivity contribution in [3.8, 4) is 0 Å². The van der Waals surface area contributed by atoms with Gasteiger partial charge in [0.15, 0.2) is 5.60 Å². The summed E-state index contributed by atoms with van der Waals surface area (Å²) in [7, 11) is 1.65. The van der Waals surface area contributed by atoms with Crippen molar-refractivity contribution in [2.45, 2.75) is 64.1 Å². The van der Waals surface area contributed by atoms with Gasteiger partial charge in [0, 0.05) is 32.3 Å². The van der Waals surface area contributed by atoms with Crippen molar-refractivity contribution >= 4 is 5.91 Å². The number of nitrogens with zero attached hydrogens (tertiary/aromatic N) is 1. The van der Waals surface area contributed by atoms with Gasteiger partial charge in [0.1, 0.15) is 0 Å². The molecule has 5 nitrogen and oxygen atoms in total. The zero-order valence-electron chi connectivity index (χ0n) is 16.8. The number of methoxy groups -OCH3 is 1. The zero-order valence-corrected chi connectivity index (χ0v) is 16.8. The second-order valence-electron chi connectivity index (χ2n) is 8.43. The molecule has 26 heavy (non-hydrogen) atoms. The summed E-state index contributed by atoms with van der Waals surface area (Å²) in [5.74, 6) is 0.310. The summed E-state index contributed by atoms with van der Waals surface area (Å²) < 4.78 is 5.19. The van der Waals surface area contributed by atoms with Gasteiger partial charge in [-0.25, -0.2) is 0 Å². The number of nitrogens with one attached hydrogen (secondary N) is 1. The molecule has 0 aliphatic carbocycles. The van der Waals surface area contributed by atoms with Crippen molar-refractivity contribution in [1.29, 1.82) is 0 Å². The largest absolute Gasteiger partial charge is 0.383 e. The van der Waals surface area contributed by atoms with Gasteiger partial charge in [-0.2, -0.15) is 0 Å². The van der Waals surface area contributed by atoms with Gasteiger partial charge in [-0.15, -0.1) is 0 Å². The third kappa shape index (κ3) is 5.29. The van der Waals surface area contributed by atoms with E-state index in [1.165, 1.54) is 5.56 Å². The van der Waals surface area contributed by atoms with Crippen LogP contribution in [0.15, 0.2) is 24.3 Å². The minimum absolute atomic E-state index is 0.183. The van der Waals surface area contributed by atoms with E-state index in [1.807, 2.05) is 13.8 Å². The summed E-state index contributed by atoms with van der Waals surface area (Å²) in [4.78, 5) is 14.7. The van der Waals surface area contributed by atoms with Gasteiger partial charge in [-0.05, 0) is 43.7 Å². The predicted octanol–water partition coefficient (Wildman–Crippen LogP) is 2.68. The number of ether oxygens (including phenoxy) is 1. The summed E-state index contributed by atoms with van der Waals surface area (Å²) in [5.41, 5.74) is 0.750. The van der Waals surface area contributed by atoms with Crippen LogP contribution < -0.4 is 5.32 Å². The summed E-state index contributed by atoms with van der Waals surface area (Å²) in [6, 6.07) is 8.40. The molecule has 146 valence electrons. The second-order valence-corrected chi connectivity index (χ2v) is 8.43. The molecule has 1 heterocycles. The maximum Gasteiger partial charge on any atom is 0.256 e. The molecule has 0 radical (unpaired) electrons. The highest BCUT2D eigenvalue weighted by Crippen LogP contribution is 2.25. The van der Waals surface area contributed by atoms with Crippen molar-refractivity contribution in [2.24, 2.45) is 0 Å². The number of likely N-dealkylation sites (tertiary alicyclic amines) is 1. The molecule has 2 rings (SSSR count). The topological polar surface area (TPSA) is 61.8 Å². The molecule has 0 spiro atoms. The molecule has 2 N–H and O–H groups in total. The van der Waals surface area contributed by atoms with E-state index in [-0.39, 0.29) is 18.0 Å². The van der Waals surface area contributed by atoms with Crippen LogP contribution in [0.5, 0.6) is 0 Å². The molecule has 1 aliphatic rings. The number of benzene rings is 1. The number of carbonyl (C=O) groups excluding carboxylic acids is 1. The fourth-order valence-corrected chi connectivity index (χ4v) is 3.41. The lowest BCUT2D eigenvalue weighted by Crippen LogP contribution is -2.60. The van der Waals surface area contributed by atoms with Crippen LogP contribution in [0.2, 0.25) is 0 Å².